The third kappa shape index (κ3) is 5.65. The number of likely N-dealkylation sites (tertiary alicyclic amines) is 1. The Morgan fingerprint density at radius 1 is 1.36 bits per heavy atom. The first-order valence-electron chi connectivity index (χ1n) is 4.29. The first-order valence-corrected chi connectivity index (χ1v) is 4.29. The van der Waals surface area contributed by atoms with Crippen LogP contribution in [0.3, 0.4) is 0 Å². The number of piperidine rings is 1. The number of carbonyl (C=O) groups excluding carboxylic acids is 1. The van der Waals surface area contributed by atoms with E-state index in [1.165, 1.54) is 0 Å². The van der Waals surface area contributed by atoms with Gasteiger partial charge in [0.15, 0.2) is 0 Å². The molecule has 0 aliphatic carbocycles. The highest BCUT2D eigenvalue weighted by molar-refractivity contribution is 5.85. The number of nitrogens with zero attached hydrogens (tertiary/aromatic N) is 1. The SMILES string of the molecule is CC1(N)CCN(CC(N)=O)CC1.Cl.Cl. The fourth-order valence-electron chi connectivity index (χ4n) is 1.44. The Labute approximate surface area is 97.2 Å². The standard InChI is InChI=1S/C8H17N3O.2ClH/c1-8(10)2-4-11(5-3-8)6-7(9)12;;/h2-6,10H2,1H3,(H2,9,12);2*1H. The van der Waals surface area contributed by atoms with Gasteiger partial charge < -0.3 is 11.5 Å². The van der Waals surface area contributed by atoms with Gasteiger partial charge in [0.1, 0.15) is 0 Å². The van der Waals surface area contributed by atoms with E-state index in [4.69, 9.17) is 11.5 Å². The third-order valence-electron chi connectivity index (χ3n) is 2.38. The number of primary amides is 1. The fourth-order valence-corrected chi connectivity index (χ4v) is 1.44. The summed E-state index contributed by atoms with van der Waals surface area (Å²) >= 11 is 0. The maximum atomic E-state index is 10.6. The average molecular weight is 244 g/mol. The van der Waals surface area contributed by atoms with Crippen molar-refractivity contribution >= 4 is 30.7 Å². The molecule has 86 valence electrons. The van der Waals surface area contributed by atoms with E-state index in [-0.39, 0.29) is 36.3 Å². The van der Waals surface area contributed by atoms with Crippen molar-refractivity contribution in [3.63, 3.8) is 0 Å². The highest BCUT2D eigenvalue weighted by atomic mass is 35.5. The smallest absolute Gasteiger partial charge is 0.231 e. The molecule has 0 radical (unpaired) electrons. The molecule has 0 aromatic carbocycles. The van der Waals surface area contributed by atoms with Crippen molar-refractivity contribution in [2.45, 2.75) is 25.3 Å². The van der Waals surface area contributed by atoms with Crippen molar-refractivity contribution < 1.29 is 4.79 Å². The number of hydrogen-bond donors (Lipinski definition) is 2. The van der Waals surface area contributed by atoms with Crippen LogP contribution in [0.15, 0.2) is 0 Å². The Hall–Kier alpha value is -0.0300. The van der Waals surface area contributed by atoms with E-state index >= 15 is 0 Å². The molecule has 1 fully saturated rings. The van der Waals surface area contributed by atoms with Crippen LogP contribution < -0.4 is 11.5 Å². The van der Waals surface area contributed by atoms with Crippen molar-refractivity contribution in [2.24, 2.45) is 11.5 Å². The number of nitrogens with two attached hydrogens (primary N) is 2. The molecule has 0 spiro atoms. The second kappa shape index (κ2) is 6.45. The number of hydrogen-bond acceptors (Lipinski definition) is 3. The minimum absolute atomic E-state index is 0. The maximum Gasteiger partial charge on any atom is 0.231 e. The Morgan fingerprint density at radius 2 is 1.79 bits per heavy atom. The van der Waals surface area contributed by atoms with Crippen LogP contribution in [-0.4, -0.2) is 36.0 Å². The lowest BCUT2D eigenvalue weighted by molar-refractivity contribution is -0.119. The van der Waals surface area contributed by atoms with Gasteiger partial charge in [-0.25, -0.2) is 0 Å². The van der Waals surface area contributed by atoms with Crippen molar-refractivity contribution in [3.05, 3.63) is 0 Å². The summed E-state index contributed by atoms with van der Waals surface area (Å²) < 4.78 is 0. The Kier molecular flexibility index (Phi) is 7.56. The highest BCUT2D eigenvalue weighted by Crippen LogP contribution is 2.17. The molecule has 4 nitrogen and oxygen atoms in total. The topological polar surface area (TPSA) is 72.3 Å². The van der Waals surface area contributed by atoms with Gasteiger partial charge in [-0.15, -0.1) is 24.8 Å². The first kappa shape index (κ1) is 16.4. The van der Waals surface area contributed by atoms with Gasteiger partial charge in [0.2, 0.25) is 5.91 Å². The van der Waals surface area contributed by atoms with Crippen LogP contribution in [0.1, 0.15) is 19.8 Å². The monoisotopic (exact) mass is 243 g/mol. The number of rotatable bonds is 2. The van der Waals surface area contributed by atoms with E-state index in [0.717, 1.165) is 25.9 Å². The minimum Gasteiger partial charge on any atom is -0.369 e. The lowest BCUT2D eigenvalue weighted by Crippen LogP contribution is -2.49. The Bertz CT molecular complexity index is 177. The van der Waals surface area contributed by atoms with E-state index in [9.17, 15) is 4.79 Å². The summed E-state index contributed by atoms with van der Waals surface area (Å²) in [7, 11) is 0. The molecule has 0 saturated carbocycles. The number of amides is 1. The third-order valence-corrected chi connectivity index (χ3v) is 2.38. The van der Waals surface area contributed by atoms with Crippen molar-refractivity contribution in [1.82, 2.24) is 4.90 Å². The maximum absolute atomic E-state index is 10.6. The van der Waals surface area contributed by atoms with Crippen LogP contribution >= 0.6 is 24.8 Å². The molecule has 1 aliphatic rings. The van der Waals surface area contributed by atoms with E-state index in [0.29, 0.717) is 6.54 Å². The van der Waals surface area contributed by atoms with Crippen LogP contribution in [-0.2, 0) is 4.79 Å². The molecule has 14 heavy (non-hydrogen) atoms. The normalized spacial score (nSPS) is 20.4. The van der Waals surface area contributed by atoms with E-state index < -0.39 is 0 Å². The fraction of sp³-hybridized carbons (Fsp3) is 0.875. The summed E-state index contributed by atoms with van der Waals surface area (Å²) in [6.07, 6.45) is 1.89. The van der Waals surface area contributed by atoms with Gasteiger partial charge in [-0.2, -0.15) is 0 Å². The molecule has 4 N–H and O–H groups in total. The zero-order valence-electron chi connectivity index (χ0n) is 8.36. The van der Waals surface area contributed by atoms with Crippen LogP contribution in [0.4, 0.5) is 0 Å². The summed E-state index contributed by atoms with van der Waals surface area (Å²) in [5.41, 5.74) is 11.0. The van der Waals surface area contributed by atoms with Gasteiger partial charge in [0, 0.05) is 18.6 Å². The minimum atomic E-state index is -0.254. The van der Waals surface area contributed by atoms with Crippen molar-refractivity contribution in [2.75, 3.05) is 19.6 Å². The zero-order chi connectivity index (χ0) is 9.19. The van der Waals surface area contributed by atoms with Crippen LogP contribution in [0.2, 0.25) is 0 Å². The molecular weight excluding hydrogens is 225 g/mol. The zero-order valence-corrected chi connectivity index (χ0v) is 10.00. The summed E-state index contributed by atoms with van der Waals surface area (Å²) in [5.74, 6) is -0.254. The summed E-state index contributed by atoms with van der Waals surface area (Å²) in [5, 5.41) is 0. The molecule has 0 atom stereocenters. The second-order valence-corrected chi connectivity index (χ2v) is 3.90. The lowest BCUT2D eigenvalue weighted by atomic mass is 9.91. The Morgan fingerprint density at radius 3 is 2.14 bits per heavy atom. The summed E-state index contributed by atoms with van der Waals surface area (Å²) in [4.78, 5) is 12.6. The molecule has 0 aromatic rings. The van der Waals surface area contributed by atoms with Crippen LogP contribution in [0, 0.1) is 0 Å². The first-order chi connectivity index (χ1) is 5.49. The van der Waals surface area contributed by atoms with E-state index in [1.54, 1.807) is 0 Å². The molecule has 1 aliphatic heterocycles. The largest absolute Gasteiger partial charge is 0.369 e. The number of carbonyl (C=O) groups is 1. The van der Waals surface area contributed by atoms with E-state index in [1.807, 2.05) is 0 Å². The van der Waals surface area contributed by atoms with Crippen LogP contribution in [0.5, 0.6) is 0 Å². The molecule has 1 amide bonds. The molecule has 6 heteroatoms. The second-order valence-electron chi connectivity index (χ2n) is 3.90. The Balaban J connectivity index is 0. The van der Waals surface area contributed by atoms with Gasteiger partial charge in [-0.3, -0.25) is 9.69 Å². The lowest BCUT2D eigenvalue weighted by Gasteiger charge is -2.35. The number of halogens is 2. The molecule has 1 saturated heterocycles. The summed E-state index contributed by atoms with van der Waals surface area (Å²) in [6, 6.07) is 0. The molecule has 1 heterocycles. The van der Waals surface area contributed by atoms with Crippen molar-refractivity contribution in [3.8, 4) is 0 Å². The summed E-state index contributed by atoms with van der Waals surface area (Å²) in [6.45, 7) is 4.19. The van der Waals surface area contributed by atoms with E-state index in [2.05, 4.69) is 11.8 Å². The average Bonchev–Trinajstić information content (AvgIpc) is 1.93. The predicted molar refractivity (Wildman–Crippen MR) is 62.0 cm³/mol. The van der Waals surface area contributed by atoms with Gasteiger partial charge in [-0.05, 0) is 19.8 Å². The molecular formula is C8H19Cl2N3O. The van der Waals surface area contributed by atoms with Gasteiger partial charge in [0.05, 0.1) is 6.54 Å². The highest BCUT2D eigenvalue weighted by Gasteiger charge is 2.25. The quantitative estimate of drug-likeness (QED) is 0.725. The molecule has 0 unspecified atom stereocenters. The predicted octanol–water partition coefficient (Wildman–Crippen LogP) is 0.129. The molecule has 0 bridgehead atoms. The van der Waals surface area contributed by atoms with Crippen molar-refractivity contribution in [1.29, 1.82) is 0 Å². The van der Waals surface area contributed by atoms with Gasteiger partial charge >= 0.3 is 0 Å². The van der Waals surface area contributed by atoms with Crippen LogP contribution in [0.25, 0.3) is 0 Å². The van der Waals surface area contributed by atoms with Gasteiger partial charge in [-0.1, -0.05) is 0 Å². The molecule has 1 rings (SSSR count). The van der Waals surface area contributed by atoms with Gasteiger partial charge in [0.25, 0.3) is 0 Å². The molecule has 0 aromatic heterocycles.